The molecule has 0 saturated heterocycles. The number of aliphatic imine (C=N–C) groups is 1. The van der Waals surface area contributed by atoms with Crippen LogP contribution >= 0.6 is 0 Å². The van der Waals surface area contributed by atoms with Crippen LogP contribution in [0.15, 0.2) is 51.2 Å². The van der Waals surface area contributed by atoms with Crippen molar-refractivity contribution in [3.63, 3.8) is 0 Å². The fraction of sp³-hybridized carbons (Fsp3) is 0.541. The summed E-state index contributed by atoms with van der Waals surface area (Å²) >= 11 is 1.90. The molecule has 4 atom stereocenters. The molecular weight excluding hydrogens is 766 g/mol. The van der Waals surface area contributed by atoms with E-state index in [0.29, 0.717) is 50.1 Å². The van der Waals surface area contributed by atoms with Gasteiger partial charge in [0.15, 0.2) is 11.7 Å². The van der Waals surface area contributed by atoms with Gasteiger partial charge in [0.25, 0.3) is 0 Å². The van der Waals surface area contributed by atoms with Crippen molar-refractivity contribution in [1.82, 2.24) is 21.1 Å². The molecule has 0 saturated carbocycles. The second kappa shape index (κ2) is 22.6. The van der Waals surface area contributed by atoms with E-state index in [2.05, 4.69) is 24.2 Å². The Kier molecular flexibility index (Phi) is 18.4. The van der Waals surface area contributed by atoms with Crippen molar-refractivity contribution in [2.24, 2.45) is 43.7 Å². The molecule has 2 bridgehead atoms. The fourth-order valence-electron chi connectivity index (χ4n) is 6.28. The number of ether oxygens (including phenoxy) is 1. The summed E-state index contributed by atoms with van der Waals surface area (Å²) in [7, 11) is 0. The molecule has 8 N–H and O–H groups in total. The third-order valence-corrected chi connectivity index (χ3v) is 9.36. The van der Waals surface area contributed by atoms with E-state index in [1.54, 1.807) is 29.7 Å². The van der Waals surface area contributed by atoms with Gasteiger partial charge in [-0.05, 0) is 62.1 Å². The Hall–Kier alpha value is -4.40. The Morgan fingerprint density at radius 2 is 1.87 bits per heavy atom. The first-order valence-corrected chi connectivity index (χ1v) is 18.8. The van der Waals surface area contributed by atoms with E-state index in [9.17, 15) is 29.2 Å². The summed E-state index contributed by atoms with van der Waals surface area (Å²) < 4.78 is 9.86. The number of pyridine rings is 1. The molecule has 3 heterocycles. The number of nitrogens with zero attached hydrogens (tertiary/aromatic N) is 3. The average molecular weight is 819 g/mol. The normalized spacial score (nSPS) is 18.1. The molecule has 0 aliphatic carbocycles. The molecule has 2 aromatic rings. The maximum atomic E-state index is 14.1. The second-order valence-electron chi connectivity index (χ2n) is 13.7. The van der Waals surface area contributed by atoms with Crippen molar-refractivity contribution in [3.8, 4) is 5.75 Å². The topological polar surface area (TPSA) is 241 Å². The van der Waals surface area contributed by atoms with Crippen LogP contribution in [0, 0.1) is 23.7 Å². The number of nitrogens with two attached hydrogens (primary N) is 2. The van der Waals surface area contributed by atoms with E-state index in [-0.39, 0.29) is 74.5 Å². The second-order valence-corrected chi connectivity index (χ2v) is 14.3. The monoisotopic (exact) mass is 817 g/mol. The molecule has 0 radical (unpaired) electrons. The number of ketones is 2. The molecule has 53 heavy (non-hydrogen) atoms. The number of amides is 3. The zero-order chi connectivity index (χ0) is 38.8. The molecule has 2 aliphatic heterocycles. The van der Waals surface area contributed by atoms with Crippen LogP contribution in [0.5, 0.6) is 5.75 Å². The number of carbonyl (C=O) groups is 5. The third-order valence-electron chi connectivity index (χ3n) is 9.06. The summed E-state index contributed by atoms with van der Waals surface area (Å²) in [6, 6.07) is 9.67. The number of fused-ring (bicyclic) bond motifs is 11. The van der Waals surface area contributed by atoms with Crippen molar-refractivity contribution in [3.05, 3.63) is 59.4 Å². The minimum Gasteiger partial charge on any atom is -0.494 e. The molecule has 2 aliphatic rings. The molecule has 0 unspecified atom stereocenters. The molecule has 0 spiro atoms. The Labute approximate surface area is 320 Å². The zero-order valence-corrected chi connectivity index (χ0v) is 32.2. The summed E-state index contributed by atoms with van der Waals surface area (Å²) in [5.74, 6) is -3.89. The number of guanidine groups is 1. The van der Waals surface area contributed by atoms with Gasteiger partial charge in [-0.2, -0.15) is 0 Å². The number of nitrogens with one attached hydrogen (secondary N) is 3. The van der Waals surface area contributed by atoms with Crippen LogP contribution < -0.4 is 32.3 Å². The van der Waals surface area contributed by atoms with Gasteiger partial charge in [0, 0.05) is 24.8 Å². The molecule has 1 aromatic carbocycles. The van der Waals surface area contributed by atoms with Crippen LogP contribution in [0.4, 0.5) is 0 Å². The van der Waals surface area contributed by atoms with Gasteiger partial charge in [0.2, 0.25) is 11.8 Å². The SMILES string of the molecule is CC(C)C[C@H]1C(=O)N[C@H](C(=O)C[C@@H](CCCN=C(N)N)C(=O)NCCCC(=O)c2ccc(C[N]=[Tc])nc2)Cc2ccc(cc2)OCCC[C@@H]1C(=O)NO. The third kappa shape index (κ3) is 14.9. The molecule has 1 aromatic heterocycles. The van der Waals surface area contributed by atoms with Crippen LogP contribution in [0.3, 0.4) is 0 Å². The van der Waals surface area contributed by atoms with Crippen molar-refractivity contribution in [2.75, 3.05) is 19.7 Å². The van der Waals surface area contributed by atoms with E-state index >= 15 is 0 Å². The first-order valence-electron chi connectivity index (χ1n) is 18.0. The van der Waals surface area contributed by atoms with E-state index in [1.807, 2.05) is 44.7 Å². The molecule has 0 fully saturated rings. The Morgan fingerprint density at radius 1 is 1.11 bits per heavy atom. The van der Waals surface area contributed by atoms with Gasteiger partial charge in [-0.1, -0.05) is 26.0 Å². The molecular formula is C37H52N8O7Tc. The van der Waals surface area contributed by atoms with Crippen molar-refractivity contribution in [2.45, 2.75) is 84.2 Å². The summed E-state index contributed by atoms with van der Waals surface area (Å²) in [6.07, 6.45) is 3.82. The Morgan fingerprint density at radius 3 is 2.51 bits per heavy atom. The smallest absolute Gasteiger partial charge is 0.247 e. The van der Waals surface area contributed by atoms with Gasteiger partial charge in [-0.15, -0.1) is 0 Å². The number of hydrogen-bond donors (Lipinski definition) is 6. The summed E-state index contributed by atoms with van der Waals surface area (Å²) in [4.78, 5) is 75.5. The van der Waals surface area contributed by atoms with Crippen LogP contribution in [0.1, 0.15) is 86.8 Å². The van der Waals surface area contributed by atoms with Gasteiger partial charge in [-0.3, -0.25) is 29.4 Å². The van der Waals surface area contributed by atoms with Crippen LogP contribution in [0.25, 0.3) is 0 Å². The van der Waals surface area contributed by atoms with E-state index in [0.717, 1.165) is 11.3 Å². The minimum absolute atomic E-state index is 0.0310. The van der Waals surface area contributed by atoms with Gasteiger partial charge >= 0.3 is 105 Å². The van der Waals surface area contributed by atoms with E-state index < -0.39 is 35.6 Å². The van der Waals surface area contributed by atoms with Gasteiger partial charge < -0.3 is 21.5 Å². The zero-order valence-electron chi connectivity index (χ0n) is 30.4. The number of hydrogen-bond acceptors (Lipinski definition) is 10. The number of benzene rings is 1. The number of hydroxylamine groups is 1. The van der Waals surface area contributed by atoms with Gasteiger partial charge in [-0.25, -0.2) is 5.48 Å². The average Bonchev–Trinajstić information content (AvgIpc) is 3.13. The van der Waals surface area contributed by atoms with Crippen LogP contribution in [-0.2, 0) is 50.9 Å². The molecule has 4 rings (SSSR count). The summed E-state index contributed by atoms with van der Waals surface area (Å²) in [6.45, 7) is 5.10. The maximum absolute atomic E-state index is 14.1. The minimum atomic E-state index is -1.01. The molecule has 15 nitrogen and oxygen atoms in total. The van der Waals surface area contributed by atoms with Crippen LogP contribution in [0.2, 0.25) is 0 Å². The van der Waals surface area contributed by atoms with Gasteiger partial charge in [0.1, 0.15) is 5.75 Å². The first kappa shape index (κ1) is 43.0. The molecule has 3 amide bonds. The fourth-order valence-corrected chi connectivity index (χ4v) is 6.59. The van der Waals surface area contributed by atoms with E-state index in [1.165, 1.54) is 6.20 Å². The van der Waals surface area contributed by atoms with Crippen molar-refractivity contribution < 1.29 is 52.6 Å². The maximum Gasteiger partial charge on any atom is 0.247 e. The van der Waals surface area contributed by atoms with Crippen molar-refractivity contribution >= 4 is 35.2 Å². The standard InChI is InChI=1S/C37H52N8O7.Tc/c1-23(2)18-30-29(36(50)45-51)7-5-17-52-28-13-9-24(10-14-28)19-31(44-35(30)49)33(47)20-25(6-3-16-42-37(39)40)34(48)41-15-4-8-32(46)26-11-12-27(21-38)43-22-26;/h9-14,22-23,25,29-31,51H,3-8,15-21H2,1-2H3,(H,41,48)(H,44,49)(H,45,50)(H4,39,40,42);/t25-,29+,30-,31+;/m1./s1. The van der Waals surface area contributed by atoms with Crippen molar-refractivity contribution in [1.29, 1.82) is 0 Å². The van der Waals surface area contributed by atoms with Crippen LogP contribution in [-0.4, -0.2) is 71.2 Å². The quantitative estimate of drug-likeness (QED) is 0.0321. The number of carbonyl (C=O) groups excluding carboxylic acids is 5. The predicted octanol–water partition coefficient (Wildman–Crippen LogP) is 2.70. The Balaban J connectivity index is 1.79. The Bertz CT molecular complexity index is 1570. The number of Topliss-reactive ketones (excluding diaryl/α,β-unsaturated/α-hetero) is 2. The first-order chi connectivity index (χ1) is 25.4. The number of aromatic nitrogens is 1. The van der Waals surface area contributed by atoms with Gasteiger partial charge in [0.05, 0.1) is 18.6 Å². The summed E-state index contributed by atoms with van der Waals surface area (Å²) in [5.41, 5.74) is 14.7. The molecule has 16 heteroatoms. The number of rotatable bonds is 18. The largest absolute Gasteiger partial charge is 0.494 e. The van der Waals surface area contributed by atoms with E-state index in [4.69, 9.17) is 16.2 Å². The predicted molar refractivity (Wildman–Crippen MR) is 193 cm³/mol. The summed E-state index contributed by atoms with van der Waals surface area (Å²) in [5, 5.41) is 15.3. The molecule has 289 valence electrons.